The Balaban J connectivity index is 2.10. The number of benzene rings is 1. The van der Waals surface area contributed by atoms with Gasteiger partial charge < -0.3 is 5.73 Å². The number of pyridine rings is 1. The van der Waals surface area contributed by atoms with Crippen molar-refractivity contribution in [1.82, 2.24) is 4.98 Å². The van der Waals surface area contributed by atoms with Gasteiger partial charge in [-0.05, 0) is 18.6 Å². The third kappa shape index (κ3) is 3.37. The molecule has 1 aromatic carbocycles. The average Bonchev–Trinajstić information content (AvgIpc) is 2.38. The van der Waals surface area contributed by atoms with Crippen molar-refractivity contribution in [2.75, 3.05) is 5.75 Å². The molecule has 2 N–H and O–H groups in total. The van der Waals surface area contributed by atoms with Crippen LogP contribution >= 0.6 is 0 Å². The lowest BCUT2D eigenvalue weighted by Gasteiger charge is -2.08. The highest BCUT2D eigenvalue weighted by molar-refractivity contribution is 7.84. The molecule has 3 nitrogen and oxygen atoms in total. The van der Waals surface area contributed by atoms with Crippen LogP contribution in [0.3, 0.4) is 0 Å². The summed E-state index contributed by atoms with van der Waals surface area (Å²) in [6, 6.07) is 11.9. The molecule has 0 aliphatic carbocycles. The van der Waals surface area contributed by atoms with E-state index in [1.54, 1.807) is 0 Å². The fraction of sp³-hybridized carbons (Fsp3) is 0.357. The van der Waals surface area contributed by atoms with E-state index in [4.69, 9.17) is 5.73 Å². The number of aromatic nitrogens is 1. The maximum atomic E-state index is 11.9. The van der Waals surface area contributed by atoms with Crippen LogP contribution in [0.1, 0.15) is 19.0 Å². The van der Waals surface area contributed by atoms with Gasteiger partial charge in [0.25, 0.3) is 0 Å². The van der Waals surface area contributed by atoms with Gasteiger partial charge in [0, 0.05) is 28.0 Å². The monoisotopic (exact) mass is 262 g/mol. The van der Waals surface area contributed by atoms with E-state index in [1.807, 2.05) is 43.3 Å². The standard InChI is InChI=1S/C14H18N2OS/c1-2-12(15)9-18(17)10-13-8-7-11-5-3-4-6-14(11)16-13/h3-8,12H,2,9-10,15H2,1H3. The molecule has 0 amide bonds. The molecule has 0 saturated carbocycles. The van der Waals surface area contributed by atoms with Gasteiger partial charge in [0.2, 0.25) is 0 Å². The van der Waals surface area contributed by atoms with Crippen LogP contribution in [0, 0.1) is 0 Å². The van der Waals surface area contributed by atoms with E-state index in [1.165, 1.54) is 0 Å². The third-order valence-corrected chi connectivity index (χ3v) is 4.31. The predicted octanol–water partition coefficient (Wildman–Crippen LogP) is 2.22. The van der Waals surface area contributed by atoms with Gasteiger partial charge in [-0.15, -0.1) is 0 Å². The topological polar surface area (TPSA) is 56.0 Å². The number of hydrogen-bond acceptors (Lipinski definition) is 3. The summed E-state index contributed by atoms with van der Waals surface area (Å²) in [4.78, 5) is 4.51. The van der Waals surface area contributed by atoms with Gasteiger partial charge in [-0.3, -0.25) is 9.19 Å². The summed E-state index contributed by atoms with van der Waals surface area (Å²) in [5.74, 6) is 1.03. The first-order valence-corrected chi connectivity index (χ1v) is 7.63. The van der Waals surface area contributed by atoms with Crippen LogP contribution in [0.4, 0.5) is 0 Å². The predicted molar refractivity (Wildman–Crippen MR) is 76.7 cm³/mol. The van der Waals surface area contributed by atoms with Crippen molar-refractivity contribution in [3.05, 3.63) is 42.1 Å². The van der Waals surface area contributed by atoms with Crippen LogP contribution in [-0.4, -0.2) is 21.0 Å². The van der Waals surface area contributed by atoms with E-state index in [-0.39, 0.29) is 6.04 Å². The van der Waals surface area contributed by atoms with Crippen molar-refractivity contribution in [2.24, 2.45) is 5.73 Å². The summed E-state index contributed by atoms with van der Waals surface area (Å²) in [5, 5.41) is 1.11. The van der Waals surface area contributed by atoms with Crippen LogP contribution in [0.2, 0.25) is 0 Å². The lowest BCUT2D eigenvalue weighted by molar-refractivity contribution is 0.662. The highest BCUT2D eigenvalue weighted by Gasteiger charge is 2.08. The van der Waals surface area contributed by atoms with Crippen molar-refractivity contribution >= 4 is 21.7 Å². The number of para-hydroxylation sites is 1. The Hall–Kier alpha value is -1.26. The van der Waals surface area contributed by atoms with Crippen molar-refractivity contribution in [3.63, 3.8) is 0 Å². The fourth-order valence-corrected chi connectivity index (χ4v) is 3.09. The second kappa shape index (κ2) is 6.07. The van der Waals surface area contributed by atoms with Crippen LogP contribution in [0.15, 0.2) is 36.4 Å². The Morgan fingerprint density at radius 3 is 2.83 bits per heavy atom. The van der Waals surface area contributed by atoms with Crippen molar-refractivity contribution in [1.29, 1.82) is 0 Å². The maximum absolute atomic E-state index is 11.9. The van der Waals surface area contributed by atoms with Gasteiger partial charge in [-0.1, -0.05) is 31.2 Å². The summed E-state index contributed by atoms with van der Waals surface area (Å²) in [6.07, 6.45) is 0.858. The van der Waals surface area contributed by atoms with Crippen LogP contribution in [0.25, 0.3) is 10.9 Å². The van der Waals surface area contributed by atoms with Crippen molar-refractivity contribution in [3.8, 4) is 0 Å². The second-order valence-electron chi connectivity index (χ2n) is 4.41. The highest BCUT2D eigenvalue weighted by atomic mass is 32.2. The molecule has 2 unspecified atom stereocenters. The molecule has 4 heteroatoms. The van der Waals surface area contributed by atoms with E-state index < -0.39 is 10.8 Å². The van der Waals surface area contributed by atoms with E-state index in [0.717, 1.165) is 23.0 Å². The van der Waals surface area contributed by atoms with Crippen molar-refractivity contribution < 1.29 is 4.21 Å². The zero-order chi connectivity index (χ0) is 13.0. The van der Waals surface area contributed by atoms with Gasteiger partial charge >= 0.3 is 0 Å². The zero-order valence-corrected chi connectivity index (χ0v) is 11.3. The largest absolute Gasteiger partial charge is 0.327 e. The molecule has 96 valence electrons. The molecule has 2 aromatic rings. The summed E-state index contributed by atoms with van der Waals surface area (Å²) in [6.45, 7) is 2.01. The molecule has 1 aromatic heterocycles. The van der Waals surface area contributed by atoms with Gasteiger partial charge in [0.1, 0.15) is 0 Å². The number of rotatable bonds is 5. The molecule has 0 bridgehead atoms. The van der Waals surface area contributed by atoms with Crippen molar-refractivity contribution in [2.45, 2.75) is 25.1 Å². The molecular formula is C14H18N2OS. The molecule has 0 saturated heterocycles. The zero-order valence-electron chi connectivity index (χ0n) is 10.5. The molecule has 2 atom stereocenters. The SMILES string of the molecule is CCC(N)CS(=O)Cc1ccc2ccccc2n1. The minimum absolute atomic E-state index is 0.0197. The first-order valence-electron chi connectivity index (χ1n) is 6.14. The van der Waals surface area contributed by atoms with Gasteiger partial charge in [-0.2, -0.15) is 0 Å². The van der Waals surface area contributed by atoms with Crippen LogP contribution in [-0.2, 0) is 16.6 Å². The summed E-state index contributed by atoms with van der Waals surface area (Å²) >= 11 is 0. The van der Waals surface area contributed by atoms with E-state index in [9.17, 15) is 4.21 Å². The minimum atomic E-state index is -0.931. The number of fused-ring (bicyclic) bond motifs is 1. The van der Waals surface area contributed by atoms with E-state index in [2.05, 4.69) is 4.98 Å². The average molecular weight is 262 g/mol. The number of nitrogens with zero attached hydrogens (tertiary/aromatic N) is 1. The van der Waals surface area contributed by atoms with Gasteiger partial charge in [0.05, 0.1) is 17.0 Å². The second-order valence-corrected chi connectivity index (χ2v) is 5.92. The fourth-order valence-electron chi connectivity index (χ4n) is 1.77. The Labute approximate surface area is 110 Å². The highest BCUT2D eigenvalue weighted by Crippen LogP contribution is 2.13. The molecule has 18 heavy (non-hydrogen) atoms. The van der Waals surface area contributed by atoms with Crippen LogP contribution in [0.5, 0.6) is 0 Å². The molecule has 0 aliphatic rings. The Kier molecular flexibility index (Phi) is 4.44. The molecule has 0 aliphatic heterocycles. The molecule has 0 fully saturated rings. The Morgan fingerprint density at radius 2 is 2.06 bits per heavy atom. The molecular weight excluding hydrogens is 244 g/mol. The number of nitrogens with two attached hydrogens (primary N) is 1. The first kappa shape index (κ1) is 13.2. The number of hydrogen-bond donors (Lipinski definition) is 1. The maximum Gasteiger partial charge on any atom is 0.0705 e. The molecule has 0 radical (unpaired) electrons. The molecule has 0 spiro atoms. The van der Waals surface area contributed by atoms with E-state index in [0.29, 0.717) is 11.5 Å². The Bertz CT molecular complexity index is 556. The lowest BCUT2D eigenvalue weighted by Crippen LogP contribution is -2.26. The lowest BCUT2D eigenvalue weighted by atomic mass is 10.2. The third-order valence-electron chi connectivity index (χ3n) is 2.89. The van der Waals surface area contributed by atoms with E-state index >= 15 is 0 Å². The quantitative estimate of drug-likeness (QED) is 0.899. The molecule has 2 rings (SSSR count). The van der Waals surface area contributed by atoms with Crippen LogP contribution < -0.4 is 5.73 Å². The smallest absolute Gasteiger partial charge is 0.0705 e. The summed E-state index contributed by atoms with van der Waals surface area (Å²) < 4.78 is 11.9. The summed E-state index contributed by atoms with van der Waals surface area (Å²) in [5.41, 5.74) is 7.63. The normalized spacial score (nSPS) is 14.6. The van der Waals surface area contributed by atoms with Gasteiger partial charge in [0.15, 0.2) is 0 Å². The molecule has 1 heterocycles. The summed E-state index contributed by atoms with van der Waals surface area (Å²) in [7, 11) is -0.931. The first-order chi connectivity index (χ1) is 8.69. The Morgan fingerprint density at radius 1 is 1.28 bits per heavy atom. The minimum Gasteiger partial charge on any atom is -0.327 e. The van der Waals surface area contributed by atoms with Gasteiger partial charge in [-0.25, -0.2) is 0 Å².